The van der Waals surface area contributed by atoms with Crippen LogP contribution in [0.1, 0.15) is 10.5 Å². The average molecular weight is 271 g/mol. The fourth-order valence-corrected chi connectivity index (χ4v) is 2.10. The number of aromatic amines is 1. The minimum atomic E-state index is -0.522. The number of rotatable bonds is 2. The molecular formula is C12H9N5O3. The van der Waals surface area contributed by atoms with E-state index in [-0.39, 0.29) is 11.4 Å². The molecule has 0 aliphatic carbocycles. The van der Waals surface area contributed by atoms with Gasteiger partial charge in [-0.05, 0) is 12.1 Å². The quantitative estimate of drug-likeness (QED) is 0.279. The van der Waals surface area contributed by atoms with Crippen LogP contribution in [-0.2, 0) is 0 Å². The molecular weight excluding hydrogens is 262 g/mol. The summed E-state index contributed by atoms with van der Waals surface area (Å²) in [5.74, 6) is 4.54. The maximum atomic E-state index is 11.5. The summed E-state index contributed by atoms with van der Waals surface area (Å²) < 4.78 is 0. The van der Waals surface area contributed by atoms with Gasteiger partial charge in [0.25, 0.3) is 11.6 Å². The molecule has 1 aromatic carbocycles. The first-order chi connectivity index (χ1) is 9.60. The maximum Gasteiger partial charge on any atom is 0.283 e. The zero-order valence-electron chi connectivity index (χ0n) is 10.1. The highest BCUT2D eigenvalue weighted by Gasteiger charge is 2.13. The van der Waals surface area contributed by atoms with E-state index in [4.69, 9.17) is 5.84 Å². The number of fused-ring (bicyclic) bond motifs is 3. The van der Waals surface area contributed by atoms with Crippen LogP contribution in [0.5, 0.6) is 0 Å². The first-order valence-electron chi connectivity index (χ1n) is 5.67. The van der Waals surface area contributed by atoms with Gasteiger partial charge in [-0.15, -0.1) is 0 Å². The molecule has 20 heavy (non-hydrogen) atoms. The van der Waals surface area contributed by atoms with E-state index in [0.29, 0.717) is 16.3 Å². The third-order valence-electron chi connectivity index (χ3n) is 3.04. The van der Waals surface area contributed by atoms with E-state index in [2.05, 4.69) is 9.97 Å². The second-order valence-corrected chi connectivity index (χ2v) is 4.20. The molecule has 0 aliphatic rings. The molecule has 8 heteroatoms. The number of hydrazine groups is 1. The number of nitrogen functional groups attached to an aromatic ring is 1. The highest BCUT2D eigenvalue weighted by Crippen LogP contribution is 2.28. The van der Waals surface area contributed by atoms with Crippen molar-refractivity contribution in [3.63, 3.8) is 0 Å². The Morgan fingerprint density at radius 3 is 2.75 bits per heavy atom. The van der Waals surface area contributed by atoms with Gasteiger partial charge >= 0.3 is 0 Å². The molecule has 4 N–H and O–H groups in total. The summed E-state index contributed by atoms with van der Waals surface area (Å²) in [7, 11) is 0. The number of hydrogen-bond acceptors (Lipinski definition) is 5. The van der Waals surface area contributed by atoms with Crippen LogP contribution in [0.2, 0.25) is 0 Å². The molecule has 2 aromatic heterocycles. The summed E-state index contributed by atoms with van der Waals surface area (Å²) >= 11 is 0. The lowest BCUT2D eigenvalue weighted by molar-refractivity contribution is -0.384. The molecule has 0 saturated carbocycles. The lowest BCUT2D eigenvalue weighted by Gasteiger charge is -1.98. The largest absolute Gasteiger partial charge is 0.353 e. The van der Waals surface area contributed by atoms with Crippen molar-refractivity contribution >= 4 is 33.4 Å². The van der Waals surface area contributed by atoms with Gasteiger partial charge in [-0.25, -0.2) is 10.8 Å². The van der Waals surface area contributed by atoms with Crippen molar-refractivity contribution in [2.45, 2.75) is 0 Å². The number of H-pyrrole nitrogens is 1. The van der Waals surface area contributed by atoms with E-state index in [9.17, 15) is 14.9 Å². The standard InChI is InChI=1S/C12H9N5O3/c13-16-12(18)10-4-8-7-3-6(17(19)20)1-2-9(7)15-11(8)5-14-10/h1-5,15H,13H2,(H,16,18). The highest BCUT2D eigenvalue weighted by molar-refractivity contribution is 6.09. The first kappa shape index (κ1) is 12.1. The van der Waals surface area contributed by atoms with E-state index >= 15 is 0 Å². The lowest BCUT2D eigenvalue weighted by atomic mass is 10.1. The number of benzene rings is 1. The summed E-state index contributed by atoms with van der Waals surface area (Å²) in [4.78, 5) is 28.9. The van der Waals surface area contributed by atoms with Crippen molar-refractivity contribution in [3.05, 3.63) is 46.3 Å². The van der Waals surface area contributed by atoms with Crippen LogP contribution in [0.3, 0.4) is 0 Å². The number of pyridine rings is 1. The van der Waals surface area contributed by atoms with E-state index in [1.807, 2.05) is 5.43 Å². The summed E-state index contributed by atoms with van der Waals surface area (Å²) in [6, 6.07) is 6.03. The van der Waals surface area contributed by atoms with Crippen molar-refractivity contribution in [2.75, 3.05) is 0 Å². The topological polar surface area (TPSA) is 127 Å². The van der Waals surface area contributed by atoms with Crippen molar-refractivity contribution < 1.29 is 9.72 Å². The van der Waals surface area contributed by atoms with E-state index in [1.54, 1.807) is 12.1 Å². The van der Waals surface area contributed by atoms with Gasteiger partial charge in [0.15, 0.2) is 0 Å². The van der Waals surface area contributed by atoms with Crippen molar-refractivity contribution in [2.24, 2.45) is 5.84 Å². The zero-order chi connectivity index (χ0) is 14.3. The van der Waals surface area contributed by atoms with Gasteiger partial charge in [-0.3, -0.25) is 20.3 Å². The Balaban J connectivity index is 2.31. The van der Waals surface area contributed by atoms with Gasteiger partial charge in [0.2, 0.25) is 0 Å². The van der Waals surface area contributed by atoms with Crippen LogP contribution in [0, 0.1) is 10.1 Å². The Bertz CT molecular complexity index is 855. The Morgan fingerprint density at radius 2 is 2.05 bits per heavy atom. The van der Waals surface area contributed by atoms with Crippen molar-refractivity contribution in [1.29, 1.82) is 0 Å². The van der Waals surface area contributed by atoms with Crippen LogP contribution in [0.4, 0.5) is 5.69 Å². The third kappa shape index (κ3) is 1.75. The molecule has 0 radical (unpaired) electrons. The van der Waals surface area contributed by atoms with Crippen LogP contribution in [0.15, 0.2) is 30.5 Å². The molecule has 1 amide bonds. The molecule has 0 aliphatic heterocycles. The molecule has 0 spiro atoms. The van der Waals surface area contributed by atoms with Gasteiger partial charge in [-0.1, -0.05) is 0 Å². The van der Waals surface area contributed by atoms with Crippen molar-refractivity contribution in [1.82, 2.24) is 15.4 Å². The Hall–Kier alpha value is -3.00. The Morgan fingerprint density at radius 1 is 1.30 bits per heavy atom. The number of carbonyl (C=O) groups excluding carboxylic acids is 1. The molecule has 0 bridgehead atoms. The molecule has 2 heterocycles. The van der Waals surface area contributed by atoms with Crippen LogP contribution in [-0.4, -0.2) is 20.8 Å². The fourth-order valence-electron chi connectivity index (χ4n) is 2.10. The minimum absolute atomic E-state index is 0.0139. The summed E-state index contributed by atoms with van der Waals surface area (Å²) in [5.41, 5.74) is 3.55. The van der Waals surface area contributed by atoms with E-state index < -0.39 is 10.8 Å². The van der Waals surface area contributed by atoms with Gasteiger partial charge in [-0.2, -0.15) is 0 Å². The first-order valence-corrected chi connectivity index (χ1v) is 5.67. The lowest BCUT2D eigenvalue weighted by Crippen LogP contribution is -2.30. The van der Waals surface area contributed by atoms with Gasteiger partial charge in [0, 0.05) is 28.4 Å². The average Bonchev–Trinajstić information content (AvgIpc) is 2.83. The number of hydrogen-bond donors (Lipinski definition) is 3. The fraction of sp³-hybridized carbons (Fsp3) is 0. The Kier molecular flexibility index (Phi) is 2.58. The molecule has 3 aromatic rings. The van der Waals surface area contributed by atoms with Gasteiger partial charge < -0.3 is 4.98 Å². The highest BCUT2D eigenvalue weighted by atomic mass is 16.6. The SMILES string of the molecule is NNC(=O)c1cc2c(cn1)[nH]c1ccc([N+](=O)[O-])cc12. The normalized spacial score (nSPS) is 10.8. The molecule has 3 rings (SSSR count). The maximum absolute atomic E-state index is 11.5. The summed E-state index contributed by atoms with van der Waals surface area (Å²) in [5, 5.41) is 12.2. The number of nitro benzene ring substituents is 1. The number of non-ortho nitro benzene ring substituents is 1. The number of nitrogens with one attached hydrogen (secondary N) is 2. The third-order valence-corrected chi connectivity index (χ3v) is 3.04. The number of nitro groups is 1. The second kappa shape index (κ2) is 4.28. The smallest absolute Gasteiger partial charge is 0.283 e. The summed E-state index contributed by atoms with van der Waals surface area (Å²) in [6.45, 7) is 0. The molecule has 0 unspecified atom stereocenters. The predicted molar refractivity (Wildman–Crippen MR) is 71.9 cm³/mol. The van der Waals surface area contributed by atoms with Crippen LogP contribution >= 0.6 is 0 Å². The van der Waals surface area contributed by atoms with Crippen molar-refractivity contribution in [3.8, 4) is 0 Å². The second-order valence-electron chi connectivity index (χ2n) is 4.20. The monoisotopic (exact) mass is 271 g/mol. The van der Waals surface area contributed by atoms with E-state index in [1.165, 1.54) is 18.3 Å². The number of amides is 1. The van der Waals surface area contributed by atoms with Gasteiger partial charge in [0.1, 0.15) is 5.69 Å². The Labute approximate surface area is 111 Å². The zero-order valence-corrected chi connectivity index (χ0v) is 10.1. The molecule has 0 atom stereocenters. The number of nitrogens with two attached hydrogens (primary N) is 1. The minimum Gasteiger partial charge on any atom is -0.353 e. The molecule has 0 fully saturated rings. The number of nitrogens with zero attached hydrogens (tertiary/aromatic N) is 2. The number of carbonyl (C=O) groups is 1. The summed E-state index contributed by atoms with van der Waals surface area (Å²) in [6.07, 6.45) is 1.49. The molecule has 8 nitrogen and oxygen atoms in total. The van der Waals surface area contributed by atoms with Crippen LogP contribution in [0.25, 0.3) is 21.8 Å². The molecule has 0 saturated heterocycles. The van der Waals surface area contributed by atoms with Gasteiger partial charge in [0.05, 0.1) is 16.6 Å². The number of aromatic nitrogens is 2. The molecule has 100 valence electrons. The predicted octanol–water partition coefficient (Wildman–Crippen LogP) is 1.23. The van der Waals surface area contributed by atoms with E-state index in [0.717, 1.165) is 5.52 Å². The van der Waals surface area contributed by atoms with Crippen LogP contribution < -0.4 is 11.3 Å².